The van der Waals surface area contributed by atoms with Crippen LogP contribution in [0.15, 0.2) is 63.0 Å². The van der Waals surface area contributed by atoms with E-state index in [1.54, 1.807) is 11.4 Å². The summed E-state index contributed by atoms with van der Waals surface area (Å²) < 4.78 is 77.0. The molecule has 0 radical (unpaired) electrons. The van der Waals surface area contributed by atoms with Crippen LogP contribution in [0, 0.1) is 0 Å². The number of anilines is 2. The third-order valence-electron chi connectivity index (χ3n) is 3.85. The van der Waals surface area contributed by atoms with Gasteiger partial charge in [0.05, 0.1) is 32.1 Å². The largest absolute Gasteiger partial charge is 0.277 e. The molecule has 0 amide bonds. The van der Waals surface area contributed by atoms with Crippen molar-refractivity contribution < 1.29 is 25.3 Å². The highest BCUT2D eigenvalue weighted by atomic mass is 35.5. The molecule has 1 aromatic heterocycles. The van der Waals surface area contributed by atoms with Crippen LogP contribution >= 0.6 is 34.5 Å². The van der Waals surface area contributed by atoms with E-state index in [0.717, 1.165) is 11.3 Å². The van der Waals surface area contributed by atoms with Gasteiger partial charge in [0.1, 0.15) is 14.9 Å². The minimum atomic E-state index is -4.15. The molecule has 0 unspecified atom stereocenters. The predicted octanol–water partition coefficient (Wildman–Crippen LogP) is 3.77. The normalized spacial score (nSPS) is 12.1. The highest BCUT2D eigenvalue weighted by molar-refractivity contribution is 7.94. The molecule has 166 valence electrons. The zero-order valence-electron chi connectivity index (χ0n) is 15.3. The molecule has 0 bridgehead atoms. The van der Waals surface area contributed by atoms with Gasteiger partial charge >= 0.3 is 0 Å². The Kier molecular flexibility index (Phi) is 7.18. The van der Waals surface area contributed by atoms with Crippen molar-refractivity contribution in [3.05, 3.63) is 69.5 Å². The van der Waals surface area contributed by atoms with Gasteiger partial charge in [-0.2, -0.15) is 0 Å². The zero-order chi connectivity index (χ0) is 22.8. The maximum atomic E-state index is 12.8. The molecule has 0 aliphatic carbocycles. The molecule has 3 rings (SSSR count). The summed E-state index contributed by atoms with van der Waals surface area (Å²) in [5.74, 6) is -0.218. The van der Waals surface area contributed by atoms with Crippen molar-refractivity contribution in [2.75, 3.05) is 9.44 Å². The number of hydrogen-bond donors (Lipinski definition) is 3. The molecular formula is C17H14Cl2N2O6S4. The third-order valence-corrected chi connectivity index (χ3v) is 9.34. The number of nitrogens with one attached hydrogen (secondary N) is 2. The van der Waals surface area contributed by atoms with Gasteiger partial charge in [-0.15, -0.1) is 11.3 Å². The van der Waals surface area contributed by atoms with E-state index in [2.05, 4.69) is 9.44 Å². The van der Waals surface area contributed by atoms with E-state index in [-0.39, 0.29) is 36.3 Å². The molecular weight excluding hydrogens is 527 g/mol. The van der Waals surface area contributed by atoms with Crippen LogP contribution in [-0.2, 0) is 36.5 Å². The van der Waals surface area contributed by atoms with Gasteiger partial charge in [-0.3, -0.25) is 9.44 Å². The summed E-state index contributed by atoms with van der Waals surface area (Å²) in [5.41, 5.74) is 0.168. The number of benzene rings is 2. The standard InChI is InChI=1S/C17H14Cl2N2O6S4/c18-13-8-15(16(9-14(13)19)21-31(26,27)17-2-1-7-28-17)20-30(24,25)12-5-3-11(4-6-12)10-29(22)23/h1-9,20-21,29H,10H2. The third kappa shape index (κ3) is 5.90. The first-order valence-corrected chi connectivity index (χ1v) is 14.2. The second-order valence-corrected chi connectivity index (χ2v) is 12.4. The van der Waals surface area contributed by atoms with Crippen molar-refractivity contribution in [2.24, 2.45) is 0 Å². The SMILES string of the molecule is O=[SH](=O)Cc1ccc(S(=O)(=O)Nc2cc(Cl)c(Cl)cc2NS(=O)(=O)c2cccs2)cc1. The maximum Gasteiger partial charge on any atom is 0.271 e. The fraction of sp³-hybridized carbons (Fsp3) is 0.0588. The molecule has 0 saturated carbocycles. The average Bonchev–Trinajstić information content (AvgIpc) is 3.21. The lowest BCUT2D eigenvalue weighted by molar-refractivity contribution is 0.599. The second kappa shape index (κ2) is 9.35. The molecule has 2 aromatic carbocycles. The number of halogens is 2. The van der Waals surface area contributed by atoms with E-state index >= 15 is 0 Å². The predicted molar refractivity (Wildman–Crippen MR) is 123 cm³/mol. The van der Waals surface area contributed by atoms with Crippen molar-refractivity contribution in [3.8, 4) is 0 Å². The fourth-order valence-electron chi connectivity index (χ4n) is 2.45. The van der Waals surface area contributed by atoms with Gasteiger partial charge in [0, 0.05) is 0 Å². The van der Waals surface area contributed by atoms with Gasteiger partial charge in [0.15, 0.2) is 0 Å². The first kappa shape index (κ1) is 23.8. The van der Waals surface area contributed by atoms with Crippen LogP contribution in [0.3, 0.4) is 0 Å². The lowest BCUT2D eigenvalue weighted by Crippen LogP contribution is -2.17. The molecule has 8 nitrogen and oxygen atoms in total. The summed E-state index contributed by atoms with van der Waals surface area (Å²) in [6.45, 7) is 0. The summed E-state index contributed by atoms with van der Waals surface area (Å²) >= 11 is 13.0. The van der Waals surface area contributed by atoms with Crippen molar-refractivity contribution >= 4 is 76.7 Å². The summed E-state index contributed by atoms with van der Waals surface area (Å²) in [5, 5.41) is 1.61. The molecule has 0 spiro atoms. The first-order valence-electron chi connectivity index (χ1n) is 8.27. The number of sulfonamides is 2. The summed E-state index contributed by atoms with van der Waals surface area (Å²) in [6, 6.07) is 10.6. The Balaban J connectivity index is 1.96. The van der Waals surface area contributed by atoms with Crippen LogP contribution in [0.4, 0.5) is 11.4 Å². The molecule has 0 fully saturated rings. The molecule has 2 N–H and O–H groups in total. The summed E-state index contributed by atoms with van der Waals surface area (Å²) in [4.78, 5) is -0.157. The number of thiophene rings is 1. The average molecular weight is 541 g/mol. The van der Waals surface area contributed by atoms with Crippen LogP contribution in [0.5, 0.6) is 0 Å². The van der Waals surface area contributed by atoms with Crippen molar-refractivity contribution in [2.45, 2.75) is 14.9 Å². The Bertz CT molecular complexity index is 1380. The molecule has 14 heteroatoms. The van der Waals surface area contributed by atoms with Crippen LogP contribution in [0.25, 0.3) is 0 Å². The maximum absolute atomic E-state index is 12.8. The Morgan fingerprint density at radius 1 is 0.839 bits per heavy atom. The van der Waals surface area contributed by atoms with Crippen LogP contribution < -0.4 is 9.44 Å². The smallest absolute Gasteiger partial charge is 0.271 e. The quantitative estimate of drug-likeness (QED) is 0.373. The van der Waals surface area contributed by atoms with E-state index in [4.69, 9.17) is 23.2 Å². The molecule has 1 heterocycles. The van der Waals surface area contributed by atoms with E-state index in [1.807, 2.05) is 0 Å². The molecule has 0 atom stereocenters. The van der Waals surface area contributed by atoms with Crippen LogP contribution in [0.2, 0.25) is 10.0 Å². The molecule has 31 heavy (non-hydrogen) atoms. The minimum Gasteiger partial charge on any atom is -0.277 e. The van der Waals surface area contributed by atoms with E-state index in [9.17, 15) is 25.3 Å². The van der Waals surface area contributed by atoms with E-state index in [0.29, 0.717) is 5.56 Å². The molecule has 3 aromatic rings. The van der Waals surface area contributed by atoms with Crippen molar-refractivity contribution in [3.63, 3.8) is 0 Å². The summed E-state index contributed by atoms with van der Waals surface area (Å²) in [7, 11) is -10.8. The second-order valence-electron chi connectivity index (χ2n) is 6.09. The lowest BCUT2D eigenvalue weighted by atomic mass is 10.2. The lowest BCUT2D eigenvalue weighted by Gasteiger charge is -2.15. The number of thiol groups is 1. The number of rotatable bonds is 8. The van der Waals surface area contributed by atoms with E-state index in [1.165, 1.54) is 42.5 Å². The van der Waals surface area contributed by atoms with Gasteiger partial charge in [-0.25, -0.2) is 25.3 Å². The Morgan fingerprint density at radius 3 is 1.87 bits per heavy atom. The highest BCUT2D eigenvalue weighted by Gasteiger charge is 2.22. The Labute approximate surface area is 194 Å². The van der Waals surface area contributed by atoms with Gasteiger partial charge < -0.3 is 0 Å². The topological polar surface area (TPSA) is 126 Å². The van der Waals surface area contributed by atoms with Gasteiger partial charge in [-0.1, -0.05) is 41.4 Å². The van der Waals surface area contributed by atoms with Crippen molar-refractivity contribution in [1.82, 2.24) is 0 Å². The van der Waals surface area contributed by atoms with Gasteiger partial charge in [-0.05, 0) is 41.3 Å². The van der Waals surface area contributed by atoms with Gasteiger partial charge in [0.25, 0.3) is 20.0 Å². The monoisotopic (exact) mass is 540 g/mol. The Hall–Kier alpha value is -1.83. The molecule has 0 saturated heterocycles. The molecule has 0 aliphatic rings. The Morgan fingerprint density at radius 2 is 1.39 bits per heavy atom. The van der Waals surface area contributed by atoms with Crippen LogP contribution in [-0.4, -0.2) is 25.3 Å². The van der Waals surface area contributed by atoms with Gasteiger partial charge in [0.2, 0.25) is 0 Å². The van der Waals surface area contributed by atoms with E-state index < -0.39 is 30.8 Å². The highest BCUT2D eigenvalue weighted by Crippen LogP contribution is 2.35. The van der Waals surface area contributed by atoms with Crippen molar-refractivity contribution in [1.29, 1.82) is 0 Å². The number of hydrogen-bond acceptors (Lipinski definition) is 7. The first-order chi connectivity index (χ1) is 14.5. The zero-order valence-corrected chi connectivity index (χ0v) is 20.1. The van der Waals surface area contributed by atoms with Crippen LogP contribution in [0.1, 0.15) is 5.56 Å². The minimum absolute atomic E-state index is 0.00744. The molecule has 0 aliphatic heterocycles. The fourth-order valence-corrected chi connectivity index (χ4v) is 6.42. The summed E-state index contributed by atoms with van der Waals surface area (Å²) in [6.07, 6.45) is 0.